The minimum atomic E-state index is -0.269. The molecule has 100 valence electrons. The second kappa shape index (κ2) is 5.71. The minimum Gasteiger partial charge on any atom is -0.497 e. The molecule has 1 aromatic carbocycles. The maximum Gasteiger partial charge on any atom is 0.127 e. The highest BCUT2D eigenvalue weighted by Crippen LogP contribution is 2.32. The van der Waals surface area contributed by atoms with Gasteiger partial charge >= 0.3 is 0 Å². The molecule has 1 unspecified atom stereocenters. The molecule has 1 heterocycles. The summed E-state index contributed by atoms with van der Waals surface area (Å²) >= 11 is 0. The van der Waals surface area contributed by atoms with Gasteiger partial charge in [-0.25, -0.2) is 0 Å². The highest BCUT2D eigenvalue weighted by atomic mass is 16.5. The fourth-order valence-corrected chi connectivity index (χ4v) is 2.07. The smallest absolute Gasteiger partial charge is 0.127 e. The molecule has 4 heteroatoms. The predicted octanol–water partition coefficient (Wildman–Crippen LogP) is 2.46. The molecule has 0 amide bonds. The van der Waals surface area contributed by atoms with E-state index in [9.17, 15) is 0 Å². The number of benzene rings is 1. The number of hydrogen-bond donors (Lipinski definition) is 1. The van der Waals surface area contributed by atoms with E-state index >= 15 is 0 Å². The number of ether oxygens (including phenoxy) is 2. The molecule has 4 nitrogen and oxygen atoms in total. The first-order valence-corrected chi connectivity index (χ1v) is 6.06. The summed E-state index contributed by atoms with van der Waals surface area (Å²) < 4.78 is 10.6. The van der Waals surface area contributed by atoms with Gasteiger partial charge in [0.2, 0.25) is 0 Å². The van der Waals surface area contributed by atoms with Crippen molar-refractivity contribution in [2.45, 2.75) is 13.0 Å². The lowest BCUT2D eigenvalue weighted by molar-refractivity contribution is 0.390. The van der Waals surface area contributed by atoms with Crippen molar-refractivity contribution in [3.63, 3.8) is 0 Å². The maximum absolute atomic E-state index is 6.32. The van der Waals surface area contributed by atoms with Crippen LogP contribution < -0.4 is 15.2 Å². The molecule has 0 aliphatic carbocycles. The molecule has 0 bridgehead atoms. The van der Waals surface area contributed by atoms with Crippen LogP contribution in [0, 0.1) is 6.92 Å². The summed E-state index contributed by atoms with van der Waals surface area (Å²) in [6, 6.07) is 9.24. The largest absolute Gasteiger partial charge is 0.497 e. The second-order valence-corrected chi connectivity index (χ2v) is 4.26. The molecule has 0 saturated carbocycles. The first kappa shape index (κ1) is 13.4. The van der Waals surface area contributed by atoms with Crippen LogP contribution in [0.3, 0.4) is 0 Å². The normalized spacial score (nSPS) is 12.0. The number of aryl methyl sites for hydroxylation is 1. The molecule has 0 aliphatic heterocycles. The van der Waals surface area contributed by atoms with Crippen molar-refractivity contribution in [1.82, 2.24) is 4.98 Å². The van der Waals surface area contributed by atoms with E-state index in [1.54, 1.807) is 20.4 Å². The van der Waals surface area contributed by atoms with Crippen LogP contribution in [-0.4, -0.2) is 19.2 Å². The van der Waals surface area contributed by atoms with E-state index in [0.29, 0.717) is 0 Å². The van der Waals surface area contributed by atoms with Gasteiger partial charge in [-0.1, -0.05) is 6.07 Å². The summed E-state index contributed by atoms with van der Waals surface area (Å²) in [6.45, 7) is 1.95. The Labute approximate surface area is 113 Å². The lowest BCUT2D eigenvalue weighted by Crippen LogP contribution is -2.15. The van der Waals surface area contributed by atoms with Crippen molar-refractivity contribution in [1.29, 1.82) is 0 Å². The van der Waals surface area contributed by atoms with Gasteiger partial charge in [0.05, 0.1) is 20.3 Å². The van der Waals surface area contributed by atoms with Crippen LogP contribution in [0.15, 0.2) is 36.5 Å². The van der Waals surface area contributed by atoms with E-state index < -0.39 is 0 Å². The molecular weight excluding hydrogens is 240 g/mol. The highest BCUT2D eigenvalue weighted by Gasteiger charge is 2.16. The van der Waals surface area contributed by atoms with Crippen LogP contribution in [-0.2, 0) is 0 Å². The third-order valence-electron chi connectivity index (χ3n) is 3.16. The molecule has 0 saturated heterocycles. The van der Waals surface area contributed by atoms with Crippen molar-refractivity contribution in [2.24, 2.45) is 5.73 Å². The molecule has 0 fully saturated rings. The first-order chi connectivity index (χ1) is 9.17. The van der Waals surface area contributed by atoms with E-state index in [0.717, 1.165) is 28.3 Å². The summed E-state index contributed by atoms with van der Waals surface area (Å²) in [6.07, 6.45) is 1.76. The summed E-state index contributed by atoms with van der Waals surface area (Å²) in [5, 5.41) is 0. The van der Waals surface area contributed by atoms with Crippen LogP contribution >= 0.6 is 0 Å². The average Bonchev–Trinajstić information content (AvgIpc) is 2.46. The van der Waals surface area contributed by atoms with Crippen LogP contribution in [0.4, 0.5) is 0 Å². The van der Waals surface area contributed by atoms with E-state index in [2.05, 4.69) is 4.98 Å². The Morgan fingerprint density at radius 1 is 1.11 bits per heavy atom. The Bertz CT molecular complexity index is 570. The Hall–Kier alpha value is -2.07. The fraction of sp³-hybridized carbons (Fsp3) is 0.267. The summed E-state index contributed by atoms with van der Waals surface area (Å²) in [7, 11) is 3.25. The van der Waals surface area contributed by atoms with Crippen molar-refractivity contribution in [2.75, 3.05) is 14.2 Å². The van der Waals surface area contributed by atoms with Gasteiger partial charge in [-0.15, -0.1) is 0 Å². The number of hydrogen-bond acceptors (Lipinski definition) is 4. The molecule has 2 rings (SSSR count). The monoisotopic (exact) mass is 258 g/mol. The zero-order valence-electron chi connectivity index (χ0n) is 11.4. The van der Waals surface area contributed by atoms with E-state index in [1.165, 1.54) is 0 Å². The third kappa shape index (κ3) is 2.69. The fourth-order valence-electron chi connectivity index (χ4n) is 2.07. The molecule has 2 aromatic rings. The predicted molar refractivity (Wildman–Crippen MR) is 74.6 cm³/mol. The Kier molecular flexibility index (Phi) is 4.02. The molecule has 0 spiro atoms. The molecule has 1 atom stereocenters. The average molecular weight is 258 g/mol. The van der Waals surface area contributed by atoms with Gasteiger partial charge < -0.3 is 15.2 Å². The highest BCUT2D eigenvalue weighted by molar-refractivity contribution is 5.46. The van der Waals surface area contributed by atoms with Crippen molar-refractivity contribution in [3.05, 3.63) is 53.3 Å². The summed E-state index contributed by atoms with van der Waals surface area (Å²) in [5.74, 6) is 1.46. The quantitative estimate of drug-likeness (QED) is 0.915. The number of nitrogens with two attached hydrogens (primary N) is 1. The van der Waals surface area contributed by atoms with Gasteiger partial charge in [0, 0.05) is 23.5 Å². The lowest BCUT2D eigenvalue weighted by Gasteiger charge is -2.18. The lowest BCUT2D eigenvalue weighted by atomic mass is 9.97. The van der Waals surface area contributed by atoms with Crippen molar-refractivity contribution >= 4 is 0 Å². The van der Waals surface area contributed by atoms with E-state index in [-0.39, 0.29) is 6.04 Å². The summed E-state index contributed by atoms with van der Waals surface area (Å²) in [4.78, 5) is 4.27. The second-order valence-electron chi connectivity index (χ2n) is 4.26. The number of nitrogens with zero attached hydrogens (tertiary/aromatic N) is 1. The SMILES string of the molecule is COc1ccc(C(N)c2cccnc2C)c(OC)c1. The van der Waals surface area contributed by atoms with Crippen LogP contribution in [0.5, 0.6) is 11.5 Å². The molecule has 2 N–H and O–H groups in total. The van der Waals surface area contributed by atoms with Crippen molar-refractivity contribution < 1.29 is 9.47 Å². The Morgan fingerprint density at radius 3 is 2.53 bits per heavy atom. The van der Waals surface area contributed by atoms with E-state index in [4.69, 9.17) is 15.2 Å². The number of rotatable bonds is 4. The van der Waals surface area contributed by atoms with Crippen LogP contribution in [0.1, 0.15) is 22.9 Å². The number of aromatic nitrogens is 1. The number of pyridine rings is 1. The first-order valence-electron chi connectivity index (χ1n) is 6.06. The zero-order chi connectivity index (χ0) is 13.8. The molecule has 19 heavy (non-hydrogen) atoms. The van der Waals surface area contributed by atoms with Gasteiger partial charge in [0.15, 0.2) is 0 Å². The van der Waals surface area contributed by atoms with Gasteiger partial charge in [0.25, 0.3) is 0 Å². The maximum atomic E-state index is 6.32. The van der Waals surface area contributed by atoms with E-state index in [1.807, 2.05) is 37.3 Å². The topological polar surface area (TPSA) is 57.4 Å². The van der Waals surface area contributed by atoms with Gasteiger partial charge in [-0.2, -0.15) is 0 Å². The van der Waals surface area contributed by atoms with Crippen LogP contribution in [0.25, 0.3) is 0 Å². The molecule has 0 aliphatic rings. The third-order valence-corrected chi connectivity index (χ3v) is 3.16. The summed E-state index contributed by atoms with van der Waals surface area (Å²) in [5.41, 5.74) is 9.16. The number of methoxy groups -OCH3 is 2. The standard InChI is InChI=1S/C15H18N2O2/c1-10-12(5-4-8-17-10)15(16)13-7-6-11(18-2)9-14(13)19-3/h4-9,15H,16H2,1-3H3. The van der Waals surface area contributed by atoms with Crippen LogP contribution in [0.2, 0.25) is 0 Å². The Morgan fingerprint density at radius 2 is 1.89 bits per heavy atom. The molecular formula is C15H18N2O2. The molecule has 1 aromatic heterocycles. The zero-order valence-corrected chi connectivity index (χ0v) is 11.4. The minimum absolute atomic E-state index is 0.269. The molecule has 0 radical (unpaired) electrons. The van der Waals surface area contributed by atoms with Gasteiger partial charge in [-0.3, -0.25) is 4.98 Å². The van der Waals surface area contributed by atoms with Crippen molar-refractivity contribution in [3.8, 4) is 11.5 Å². The van der Waals surface area contributed by atoms with Gasteiger partial charge in [0.1, 0.15) is 11.5 Å². The van der Waals surface area contributed by atoms with Gasteiger partial charge in [-0.05, 0) is 30.7 Å². The Balaban J connectivity index is 2.44.